The Morgan fingerprint density at radius 1 is 1.17 bits per heavy atom. The molecule has 0 aliphatic heterocycles. The number of guanidine groups is 1. The molecule has 0 saturated heterocycles. The minimum atomic E-state index is -0.419. The first-order chi connectivity index (χ1) is 17.4. The Balaban J connectivity index is 1.52. The summed E-state index contributed by atoms with van der Waals surface area (Å²) in [5.74, 6) is -0.0819. The van der Waals surface area contributed by atoms with Gasteiger partial charge in [0.25, 0.3) is 5.91 Å². The number of hydrogen-bond donors (Lipinski definition) is 5. The second-order valence-electron chi connectivity index (χ2n) is 8.54. The van der Waals surface area contributed by atoms with Crippen molar-refractivity contribution in [1.82, 2.24) is 29.9 Å². The van der Waals surface area contributed by atoms with Crippen LogP contribution in [0.25, 0.3) is 11.0 Å². The quantitative estimate of drug-likeness (QED) is 0.115. The van der Waals surface area contributed by atoms with E-state index < -0.39 is 5.69 Å². The predicted molar refractivity (Wildman–Crippen MR) is 140 cm³/mol. The molecule has 0 radical (unpaired) electrons. The Labute approximate surface area is 209 Å². The summed E-state index contributed by atoms with van der Waals surface area (Å²) in [7, 11) is 1.78. The van der Waals surface area contributed by atoms with Gasteiger partial charge in [0.2, 0.25) is 0 Å². The molecule has 2 aromatic heterocycles. The molecule has 0 bridgehead atoms. The molecule has 13 heteroatoms. The van der Waals surface area contributed by atoms with Gasteiger partial charge >= 0.3 is 5.69 Å². The van der Waals surface area contributed by atoms with Gasteiger partial charge < -0.3 is 27.8 Å². The summed E-state index contributed by atoms with van der Waals surface area (Å²) in [5, 5.41) is 14.1. The Morgan fingerprint density at radius 3 is 2.72 bits per heavy atom. The van der Waals surface area contributed by atoms with Crippen molar-refractivity contribution in [2.24, 2.45) is 29.2 Å². The second kappa shape index (κ2) is 13.3. The van der Waals surface area contributed by atoms with Gasteiger partial charge in [0.1, 0.15) is 11.3 Å². The Bertz CT molecular complexity index is 1230. The van der Waals surface area contributed by atoms with Crippen molar-refractivity contribution in [3.05, 3.63) is 46.5 Å². The summed E-state index contributed by atoms with van der Waals surface area (Å²) < 4.78 is 3.17. The Hall–Kier alpha value is -3.84. The summed E-state index contributed by atoms with van der Waals surface area (Å²) in [4.78, 5) is 33.2. The molecular weight excluding hydrogens is 462 g/mol. The van der Waals surface area contributed by atoms with Crippen molar-refractivity contribution in [1.29, 1.82) is 0 Å². The monoisotopic (exact) mass is 497 g/mol. The number of hydrogen-bond acceptors (Lipinski definition) is 8. The third-order valence-corrected chi connectivity index (χ3v) is 5.76. The molecule has 0 spiro atoms. The third-order valence-electron chi connectivity index (χ3n) is 5.76. The number of anilines is 1. The maximum Gasteiger partial charge on any atom is 0.349 e. The number of fused-ring (bicyclic) bond motifs is 1. The third kappa shape index (κ3) is 7.85. The molecule has 3 aromatic rings. The molecule has 13 nitrogen and oxygen atoms in total. The van der Waals surface area contributed by atoms with Crippen LogP contribution in [0.15, 0.2) is 40.2 Å². The van der Waals surface area contributed by atoms with E-state index in [0.29, 0.717) is 30.7 Å². The van der Waals surface area contributed by atoms with Gasteiger partial charge in [-0.05, 0) is 69.5 Å². The minimum absolute atomic E-state index is 0.0979. The predicted octanol–water partition coefficient (Wildman–Crippen LogP) is -0.0819. The van der Waals surface area contributed by atoms with Crippen molar-refractivity contribution in [2.45, 2.75) is 44.7 Å². The number of benzene rings is 1. The van der Waals surface area contributed by atoms with Crippen LogP contribution in [0.4, 0.5) is 5.82 Å². The molecule has 3 rings (SSSR count). The van der Waals surface area contributed by atoms with Crippen LogP contribution in [0.3, 0.4) is 0 Å². The molecule has 1 atom stereocenters. The fourth-order valence-electron chi connectivity index (χ4n) is 3.85. The highest BCUT2D eigenvalue weighted by Crippen LogP contribution is 2.14. The first-order valence-electron chi connectivity index (χ1n) is 12.0. The number of aromatic nitrogens is 5. The van der Waals surface area contributed by atoms with Crippen LogP contribution in [0.1, 0.15) is 42.5 Å². The summed E-state index contributed by atoms with van der Waals surface area (Å²) in [6.45, 7) is 2.57. The van der Waals surface area contributed by atoms with Crippen molar-refractivity contribution in [2.75, 3.05) is 25.0 Å². The highest BCUT2D eigenvalue weighted by atomic mass is 16.2. The van der Waals surface area contributed by atoms with Gasteiger partial charge in [-0.2, -0.15) is 4.98 Å². The van der Waals surface area contributed by atoms with E-state index in [4.69, 9.17) is 17.2 Å². The summed E-state index contributed by atoms with van der Waals surface area (Å²) in [6, 6.07) is 6.99. The van der Waals surface area contributed by atoms with E-state index in [1.807, 2.05) is 0 Å². The average Bonchev–Trinajstić information content (AvgIpc) is 3.22. The first kappa shape index (κ1) is 26.8. The smallest absolute Gasteiger partial charge is 0.349 e. The number of carbonyl (C=O) groups excluding carboxylic acids is 1. The minimum Gasteiger partial charge on any atom is -0.370 e. The topological polar surface area (TPSA) is 197 Å². The van der Waals surface area contributed by atoms with Crippen LogP contribution >= 0.6 is 0 Å². The molecular formula is C23H35N11O2. The van der Waals surface area contributed by atoms with Crippen LogP contribution in [0, 0.1) is 0 Å². The largest absolute Gasteiger partial charge is 0.370 e. The number of carbonyl (C=O) groups is 1. The number of aliphatic imine (C=N–C) groups is 1. The normalized spacial score (nSPS) is 11.9. The van der Waals surface area contributed by atoms with Crippen LogP contribution in [-0.4, -0.2) is 62.1 Å². The lowest BCUT2D eigenvalue weighted by Gasteiger charge is -2.18. The van der Waals surface area contributed by atoms with Gasteiger partial charge in [-0.25, -0.2) is 9.48 Å². The average molecular weight is 498 g/mol. The number of nitrogens with zero attached hydrogens (tertiary/aromatic N) is 6. The molecule has 194 valence electrons. The van der Waals surface area contributed by atoms with Gasteiger partial charge in [-0.3, -0.25) is 14.4 Å². The molecule has 0 aliphatic carbocycles. The van der Waals surface area contributed by atoms with E-state index in [0.717, 1.165) is 44.2 Å². The lowest BCUT2D eigenvalue weighted by atomic mass is 10.1. The van der Waals surface area contributed by atoms with Gasteiger partial charge in [0.15, 0.2) is 5.96 Å². The van der Waals surface area contributed by atoms with Gasteiger partial charge in [-0.1, -0.05) is 5.21 Å². The van der Waals surface area contributed by atoms with Crippen molar-refractivity contribution >= 4 is 28.7 Å². The molecule has 36 heavy (non-hydrogen) atoms. The lowest BCUT2D eigenvalue weighted by Crippen LogP contribution is -2.32. The lowest BCUT2D eigenvalue weighted by molar-refractivity contribution is 0.102. The Morgan fingerprint density at radius 2 is 1.97 bits per heavy atom. The van der Waals surface area contributed by atoms with Crippen LogP contribution < -0.4 is 33.5 Å². The van der Waals surface area contributed by atoms with E-state index >= 15 is 0 Å². The van der Waals surface area contributed by atoms with E-state index in [2.05, 4.69) is 30.9 Å². The second-order valence-corrected chi connectivity index (χ2v) is 8.54. The fourth-order valence-corrected chi connectivity index (χ4v) is 3.85. The summed E-state index contributed by atoms with van der Waals surface area (Å²) in [6.07, 6.45) is 5.98. The van der Waals surface area contributed by atoms with Crippen LogP contribution in [-0.2, 0) is 13.6 Å². The molecule has 2 heterocycles. The number of nitrogens with two attached hydrogens (primary N) is 3. The zero-order valence-corrected chi connectivity index (χ0v) is 20.6. The molecule has 8 N–H and O–H groups in total. The highest BCUT2D eigenvalue weighted by Gasteiger charge is 2.12. The Kier molecular flexibility index (Phi) is 9.89. The standard InChI is InChI=1S/C23H35N11O2/c1-33-19-8-7-16(15-18(19)31-32-33)21(35)29-20-9-14-34(23(36)30-20)13-3-6-17(27-12-4-10-24)5-2-11-28-22(25)26/h7-9,14-15,17,27H,2-6,10-13,24H2,1H3,(H4,25,26,28)(H,29,30,35,36). The van der Waals surface area contributed by atoms with Crippen molar-refractivity contribution < 1.29 is 4.79 Å². The maximum absolute atomic E-state index is 12.6. The van der Waals surface area contributed by atoms with Gasteiger partial charge in [0, 0.05) is 37.9 Å². The highest BCUT2D eigenvalue weighted by molar-refractivity contribution is 6.05. The first-order valence-corrected chi connectivity index (χ1v) is 12.0. The van der Waals surface area contributed by atoms with Crippen molar-refractivity contribution in [3.63, 3.8) is 0 Å². The molecule has 1 amide bonds. The fraction of sp³-hybridized carbons (Fsp3) is 0.478. The molecule has 1 unspecified atom stereocenters. The number of aryl methyl sites for hydroxylation is 2. The molecule has 1 aromatic carbocycles. The molecule has 0 fully saturated rings. The molecule has 0 saturated carbocycles. The van der Waals surface area contributed by atoms with Crippen LogP contribution in [0.2, 0.25) is 0 Å². The van der Waals surface area contributed by atoms with E-state index in [9.17, 15) is 9.59 Å². The van der Waals surface area contributed by atoms with Gasteiger partial charge in [0.05, 0.1) is 5.52 Å². The SMILES string of the molecule is Cn1nnc2cc(C(=O)Nc3ccn(CCCC(CCCN=C(N)N)NCCCN)c(=O)n3)ccc21. The summed E-state index contributed by atoms with van der Waals surface area (Å²) in [5.41, 5.74) is 17.8. The zero-order chi connectivity index (χ0) is 25.9. The zero-order valence-electron chi connectivity index (χ0n) is 20.6. The van der Waals surface area contributed by atoms with Crippen LogP contribution in [0.5, 0.6) is 0 Å². The number of nitrogens with one attached hydrogen (secondary N) is 2. The number of rotatable bonds is 14. The number of amides is 1. The van der Waals surface area contributed by atoms with Crippen molar-refractivity contribution in [3.8, 4) is 0 Å². The molecule has 0 aliphatic rings. The summed E-state index contributed by atoms with van der Waals surface area (Å²) >= 11 is 0. The van der Waals surface area contributed by atoms with Gasteiger partial charge in [-0.15, -0.1) is 5.10 Å². The van der Waals surface area contributed by atoms with E-state index in [1.165, 1.54) is 4.57 Å². The van der Waals surface area contributed by atoms with E-state index in [-0.39, 0.29) is 23.7 Å². The van der Waals surface area contributed by atoms with E-state index in [1.54, 1.807) is 42.2 Å². The maximum atomic E-state index is 12.6.